The van der Waals surface area contributed by atoms with Gasteiger partial charge in [-0.3, -0.25) is 30.0 Å². The van der Waals surface area contributed by atoms with Crippen molar-refractivity contribution in [2.24, 2.45) is 5.92 Å². The molecule has 31 heavy (non-hydrogen) atoms. The smallest absolute Gasteiger partial charge is 0.311 e. The van der Waals surface area contributed by atoms with Gasteiger partial charge in [0.15, 0.2) is 6.61 Å². The number of halogens is 1. The summed E-state index contributed by atoms with van der Waals surface area (Å²) >= 11 is 5.76. The van der Waals surface area contributed by atoms with Crippen LogP contribution in [0.5, 0.6) is 0 Å². The fraction of sp³-hybridized carbons (Fsp3) is 0.273. The van der Waals surface area contributed by atoms with Gasteiger partial charge in [-0.05, 0) is 61.4 Å². The molecule has 1 heterocycles. The molecule has 162 valence electrons. The Bertz CT molecular complexity index is 1000. The summed E-state index contributed by atoms with van der Waals surface area (Å²) in [5, 5.41) is 0.481. The minimum absolute atomic E-state index is 0.0146. The van der Waals surface area contributed by atoms with E-state index in [9.17, 15) is 19.2 Å². The van der Waals surface area contributed by atoms with E-state index >= 15 is 0 Å². The number of anilines is 1. The summed E-state index contributed by atoms with van der Waals surface area (Å²) in [6, 6.07) is 11.9. The van der Waals surface area contributed by atoms with Gasteiger partial charge in [-0.2, -0.15) is 0 Å². The number of carbonyl (C=O) groups excluding carboxylic acids is 4. The van der Waals surface area contributed by atoms with Crippen LogP contribution in [0.15, 0.2) is 42.5 Å². The van der Waals surface area contributed by atoms with Crippen LogP contribution in [0.25, 0.3) is 0 Å². The number of nitrogens with one attached hydrogen (secondary N) is 2. The lowest BCUT2D eigenvalue weighted by Crippen LogP contribution is -2.43. The molecule has 0 aromatic heterocycles. The maximum absolute atomic E-state index is 12.4. The van der Waals surface area contributed by atoms with Crippen LogP contribution in [0, 0.1) is 19.8 Å². The Balaban J connectivity index is 1.47. The first-order valence-electron chi connectivity index (χ1n) is 9.63. The maximum Gasteiger partial charge on any atom is 0.311 e. The zero-order valence-corrected chi connectivity index (χ0v) is 17.9. The molecular formula is C22H22ClN3O5. The molecule has 3 amide bonds. The molecule has 0 radical (unpaired) electrons. The summed E-state index contributed by atoms with van der Waals surface area (Å²) in [4.78, 5) is 50.1. The molecule has 1 aliphatic heterocycles. The highest BCUT2D eigenvalue weighted by Crippen LogP contribution is 2.27. The minimum Gasteiger partial charge on any atom is -0.455 e. The molecule has 3 rings (SSSR count). The number of aryl methyl sites for hydroxylation is 2. The van der Waals surface area contributed by atoms with Crippen LogP contribution in [-0.2, 0) is 19.1 Å². The van der Waals surface area contributed by atoms with Crippen molar-refractivity contribution in [3.05, 3.63) is 64.2 Å². The number of hydrazine groups is 1. The predicted molar refractivity (Wildman–Crippen MR) is 114 cm³/mol. The van der Waals surface area contributed by atoms with Crippen molar-refractivity contribution >= 4 is 41.0 Å². The van der Waals surface area contributed by atoms with Crippen molar-refractivity contribution in [2.75, 3.05) is 18.1 Å². The van der Waals surface area contributed by atoms with Gasteiger partial charge in [0.05, 0.1) is 5.92 Å². The first kappa shape index (κ1) is 22.3. The van der Waals surface area contributed by atoms with Gasteiger partial charge in [0, 0.05) is 29.2 Å². The Kier molecular flexibility index (Phi) is 6.91. The van der Waals surface area contributed by atoms with E-state index in [-0.39, 0.29) is 18.9 Å². The van der Waals surface area contributed by atoms with Crippen molar-refractivity contribution in [3.8, 4) is 0 Å². The zero-order valence-electron chi connectivity index (χ0n) is 17.1. The Labute approximate surface area is 184 Å². The predicted octanol–water partition coefficient (Wildman–Crippen LogP) is 2.31. The van der Waals surface area contributed by atoms with E-state index in [0.717, 1.165) is 16.8 Å². The molecule has 0 spiro atoms. The third-order valence-electron chi connectivity index (χ3n) is 4.74. The molecule has 2 aromatic carbocycles. The Morgan fingerprint density at radius 3 is 2.35 bits per heavy atom. The van der Waals surface area contributed by atoms with Gasteiger partial charge < -0.3 is 9.64 Å². The van der Waals surface area contributed by atoms with Gasteiger partial charge >= 0.3 is 5.97 Å². The van der Waals surface area contributed by atoms with E-state index in [4.69, 9.17) is 16.3 Å². The summed E-state index contributed by atoms with van der Waals surface area (Å²) < 4.78 is 5.02. The number of hydrogen-bond donors (Lipinski definition) is 2. The fourth-order valence-electron chi connectivity index (χ4n) is 3.31. The normalized spacial score (nSPS) is 15.5. The number of hydrogen-bond acceptors (Lipinski definition) is 5. The molecule has 8 nitrogen and oxygen atoms in total. The Hall–Kier alpha value is -3.39. The van der Waals surface area contributed by atoms with E-state index in [1.807, 2.05) is 32.0 Å². The topological polar surface area (TPSA) is 105 Å². The number of ether oxygens (including phenoxy) is 1. The quantitative estimate of drug-likeness (QED) is 0.545. The lowest BCUT2D eigenvalue weighted by atomic mass is 10.1. The van der Waals surface area contributed by atoms with Gasteiger partial charge in [-0.25, -0.2) is 0 Å². The lowest BCUT2D eigenvalue weighted by Gasteiger charge is -2.18. The summed E-state index contributed by atoms with van der Waals surface area (Å²) in [5.41, 5.74) is 7.47. The van der Waals surface area contributed by atoms with Gasteiger partial charge in [0.2, 0.25) is 5.91 Å². The van der Waals surface area contributed by atoms with Crippen molar-refractivity contribution < 1.29 is 23.9 Å². The van der Waals surface area contributed by atoms with E-state index in [1.165, 1.54) is 12.1 Å². The number of esters is 1. The summed E-state index contributed by atoms with van der Waals surface area (Å²) in [7, 11) is 0. The molecule has 1 fully saturated rings. The zero-order chi connectivity index (χ0) is 22.5. The monoisotopic (exact) mass is 443 g/mol. The van der Waals surface area contributed by atoms with Crippen LogP contribution < -0.4 is 15.8 Å². The molecule has 9 heteroatoms. The fourth-order valence-corrected chi connectivity index (χ4v) is 3.44. The number of nitrogens with zero attached hydrogens (tertiary/aromatic N) is 1. The molecule has 2 N–H and O–H groups in total. The Morgan fingerprint density at radius 2 is 1.71 bits per heavy atom. The van der Waals surface area contributed by atoms with Crippen LogP contribution in [0.2, 0.25) is 5.02 Å². The second-order valence-corrected chi connectivity index (χ2v) is 7.80. The van der Waals surface area contributed by atoms with E-state index in [1.54, 1.807) is 17.0 Å². The van der Waals surface area contributed by atoms with Gasteiger partial charge in [-0.1, -0.05) is 17.7 Å². The van der Waals surface area contributed by atoms with Crippen molar-refractivity contribution in [3.63, 3.8) is 0 Å². The second-order valence-electron chi connectivity index (χ2n) is 7.37. The number of carbonyl (C=O) groups is 4. The number of rotatable bonds is 5. The SMILES string of the molecule is Cc1cc(C)cc(N2C[C@H](C(=O)OCC(=O)NNC(=O)c3ccc(Cl)cc3)CC2=O)c1. The van der Waals surface area contributed by atoms with Crippen molar-refractivity contribution in [1.29, 1.82) is 0 Å². The molecule has 0 bridgehead atoms. The van der Waals surface area contributed by atoms with Crippen LogP contribution in [-0.4, -0.2) is 36.8 Å². The Morgan fingerprint density at radius 1 is 1.06 bits per heavy atom. The minimum atomic E-state index is -0.703. The third kappa shape index (κ3) is 5.82. The summed E-state index contributed by atoms with van der Waals surface area (Å²) in [6.07, 6.45) is 0.0146. The molecule has 0 saturated carbocycles. The second kappa shape index (κ2) is 9.61. The van der Waals surface area contributed by atoms with E-state index in [0.29, 0.717) is 10.6 Å². The highest BCUT2D eigenvalue weighted by Gasteiger charge is 2.36. The largest absolute Gasteiger partial charge is 0.455 e. The lowest BCUT2D eigenvalue weighted by molar-refractivity contribution is -0.152. The van der Waals surface area contributed by atoms with E-state index < -0.39 is 30.3 Å². The van der Waals surface area contributed by atoms with Crippen LogP contribution >= 0.6 is 11.6 Å². The highest BCUT2D eigenvalue weighted by molar-refractivity contribution is 6.30. The average molecular weight is 444 g/mol. The van der Waals surface area contributed by atoms with Crippen LogP contribution in [0.4, 0.5) is 5.69 Å². The number of amides is 3. The van der Waals surface area contributed by atoms with Crippen molar-refractivity contribution in [1.82, 2.24) is 10.9 Å². The maximum atomic E-state index is 12.4. The summed E-state index contributed by atoms with van der Waals surface area (Å²) in [5.74, 6) is -2.72. The summed E-state index contributed by atoms with van der Waals surface area (Å²) in [6.45, 7) is 3.49. The third-order valence-corrected chi connectivity index (χ3v) is 5.00. The van der Waals surface area contributed by atoms with Gasteiger partial charge in [0.25, 0.3) is 11.8 Å². The molecule has 1 aliphatic rings. The first-order chi connectivity index (χ1) is 14.7. The van der Waals surface area contributed by atoms with Crippen LogP contribution in [0.1, 0.15) is 27.9 Å². The van der Waals surface area contributed by atoms with Crippen LogP contribution in [0.3, 0.4) is 0 Å². The molecule has 2 aromatic rings. The van der Waals surface area contributed by atoms with E-state index in [2.05, 4.69) is 10.9 Å². The molecule has 0 unspecified atom stereocenters. The molecule has 0 aliphatic carbocycles. The number of benzene rings is 2. The van der Waals surface area contributed by atoms with Crippen molar-refractivity contribution in [2.45, 2.75) is 20.3 Å². The molecule has 1 atom stereocenters. The molecule has 1 saturated heterocycles. The average Bonchev–Trinajstić information content (AvgIpc) is 3.12. The first-order valence-corrected chi connectivity index (χ1v) is 10.0. The van der Waals surface area contributed by atoms with Gasteiger partial charge in [0.1, 0.15) is 0 Å². The standard InChI is InChI=1S/C22H22ClN3O5/c1-13-7-14(2)9-18(8-13)26-11-16(10-20(26)28)22(30)31-12-19(27)24-25-21(29)15-3-5-17(23)6-4-15/h3-9,16H,10-12H2,1-2H3,(H,24,27)(H,25,29)/t16-/m1/s1. The molecular weight excluding hydrogens is 422 g/mol. The highest BCUT2D eigenvalue weighted by atomic mass is 35.5. The van der Waals surface area contributed by atoms with Gasteiger partial charge in [-0.15, -0.1) is 0 Å².